The van der Waals surface area contributed by atoms with E-state index < -0.39 is 0 Å². The normalized spacial score (nSPS) is 13.0. The quantitative estimate of drug-likeness (QED) is 0.519. The molecule has 3 N–H and O–H groups in total. The lowest BCUT2D eigenvalue weighted by atomic mass is 10.1. The second-order valence-corrected chi connectivity index (χ2v) is 4.64. The van der Waals surface area contributed by atoms with Crippen LogP contribution in [0.3, 0.4) is 0 Å². The molecule has 0 rings (SSSR count). The van der Waals surface area contributed by atoms with Gasteiger partial charge in [-0.25, -0.2) is 0 Å². The number of nitrogens with one attached hydrogen (secondary N) is 1. The summed E-state index contributed by atoms with van der Waals surface area (Å²) in [4.78, 5) is 0. The number of hydrogen-bond donors (Lipinski definition) is 2. The van der Waals surface area contributed by atoms with Gasteiger partial charge in [0, 0.05) is 6.04 Å². The molecule has 0 aromatic rings. The summed E-state index contributed by atoms with van der Waals surface area (Å²) in [5.74, 6) is 0. The minimum atomic E-state index is 0.362. The third-order valence-corrected chi connectivity index (χ3v) is 2.72. The van der Waals surface area contributed by atoms with Gasteiger partial charge >= 0.3 is 0 Å². The van der Waals surface area contributed by atoms with Crippen molar-refractivity contribution in [3.05, 3.63) is 0 Å². The Hall–Kier alpha value is -0.0800. The van der Waals surface area contributed by atoms with Gasteiger partial charge in [-0.3, -0.25) is 0 Å². The van der Waals surface area contributed by atoms with Gasteiger partial charge in [0.05, 0.1) is 0 Å². The average molecular weight is 214 g/mol. The molecule has 1 atom stereocenters. The highest BCUT2D eigenvalue weighted by Gasteiger charge is 1.93. The maximum Gasteiger partial charge on any atom is 0.00109 e. The Kier molecular flexibility index (Phi) is 11.9. The summed E-state index contributed by atoms with van der Waals surface area (Å²) in [7, 11) is 0. The van der Waals surface area contributed by atoms with Crippen molar-refractivity contribution in [2.45, 2.75) is 71.3 Å². The van der Waals surface area contributed by atoms with Crippen LogP contribution in [0.5, 0.6) is 0 Å². The second kappa shape index (κ2) is 12.0. The standard InChI is InChI=1S/C13H30N2/c1-3-4-5-6-7-8-11-15-12-9-10-13(2)14/h13,15H,3-12,14H2,1-2H3. The van der Waals surface area contributed by atoms with Crippen LogP contribution in [0.4, 0.5) is 0 Å². The molecule has 2 heteroatoms. The van der Waals surface area contributed by atoms with Crippen molar-refractivity contribution >= 4 is 0 Å². The van der Waals surface area contributed by atoms with Gasteiger partial charge in [0.25, 0.3) is 0 Å². The zero-order chi connectivity index (χ0) is 11.4. The molecule has 0 bridgehead atoms. The first-order valence-corrected chi connectivity index (χ1v) is 6.73. The van der Waals surface area contributed by atoms with E-state index in [0.717, 1.165) is 13.0 Å². The fourth-order valence-electron chi connectivity index (χ4n) is 1.70. The van der Waals surface area contributed by atoms with Gasteiger partial charge in [-0.1, -0.05) is 39.0 Å². The van der Waals surface area contributed by atoms with Gasteiger partial charge in [0.15, 0.2) is 0 Å². The Bertz CT molecular complexity index is 113. The van der Waals surface area contributed by atoms with Crippen LogP contribution >= 0.6 is 0 Å². The van der Waals surface area contributed by atoms with Crippen molar-refractivity contribution in [3.8, 4) is 0 Å². The summed E-state index contributed by atoms with van der Waals surface area (Å²) < 4.78 is 0. The summed E-state index contributed by atoms with van der Waals surface area (Å²) in [6.45, 7) is 6.66. The van der Waals surface area contributed by atoms with Crippen molar-refractivity contribution in [1.82, 2.24) is 5.32 Å². The monoisotopic (exact) mass is 214 g/mol. The van der Waals surface area contributed by atoms with Crippen molar-refractivity contribution in [2.24, 2.45) is 5.73 Å². The van der Waals surface area contributed by atoms with Crippen LogP contribution < -0.4 is 11.1 Å². The highest BCUT2D eigenvalue weighted by Crippen LogP contribution is 2.04. The van der Waals surface area contributed by atoms with Crippen LogP contribution in [0.2, 0.25) is 0 Å². The average Bonchev–Trinajstić information content (AvgIpc) is 2.20. The van der Waals surface area contributed by atoms with Gasteiger partial charge < -0.3 is 11.1 Å². The third kappa shape index (κ3) is 13.9. The molecule has 0 aliphatic rings. The largest absolute Gasteiger partial charge is 0.328 e. The molecule has 0 saturated carbocycles. The molecule has 0 aromatic heterocycles. The van der Waals surface area contributed by atoms with E-state index in [1.54, 1.807) is 0 Å². The summed E-state index contributed by atoms with van der Waals surface area (Å²) in [5.41, 5.74) is 5.67. The van der Waals surface area contributed by atoms with E-state index >= 15 is 0 Å². The van der Waals surface area contributed by atoms with E-state index in [1.807, 2.05) is 0 Å². The molecule has 92 valence electrons. The molecule has 0 spiro atoms. The zero-order valence-electron chi connectivity index (χ0n) is 10.7. The minimum absolute atomic E-state index is 0.362. The van der Waals surface area contributed by atoms with Crippen LogP contribution in [-0.2, 0) is 0 Å². The molecule has 15 heavy (non-hydrogen) atoms. The second-order valence-electron chi connectivity index (χ2n) is 4.64. The molecule has 0 heterocycles. The van der Waals surface area contributed by atoms with Crippen molar-refractivity contribution in [3.63, 3.8) is 0 Å². The van der Waals surface area contributed by atoms with Crippen LogP contribution in [0.15, 0.2) is 0 Å². The Morgan fingerprint density at radius 3 is 2.20 bits per heavy atom. The number of rotatable bonds is 11. The molecule has 0 amide bonds. The van der Waals surface area contributed by atoms with Crippen molar-refractivity contribution in [2.75, 3.05) is 13.1 Å². The maximum atomic E-state index is 5.67. The van der Waals surface area contributed by atoms with Gasteiger partial charge in [-0.2, -0.15) is 0 Å². The van der Waals surface area contributed by atoms with E-state index in [9.17, 15) is 0 Å². The fourth-order valence-corrected chi connectivity index (χ4v) is 1.70. The first kappa shape index (κ1) is 14.9. The number of hydrogen-bond acceptors (Lipinski definition) is 2. The van der Waals surface area contributed by atoms with Crippen molar-refractivity contribution < 1.29 is 0 Å². The molecule has 1 unspecified atom stereocenters. The molecule has 0 aliphatic carbocycles. The zero-order valence-corrected chi connectivity index (χ0v) is 10.7. The van der Waals surface area contributed by atoms with Gasteiger partial charge in [-0.15, -0.1) is 0 Å². The predicted octanol–water partition coefficient (Wildman–Crippen LogP) is 3.06. The minimum Gasteiger partial charge on any atom is -0.328 e. The molecule has 2 nitrogen and oxygen atoms in total. The Morgan fingerprint density at radius 1 is 0.933 bits per heavy atom. The molecule has 0 aromatic carbocycles. The van der Waals surface area contributed by atoms with Crippen LogP contribution in [-0.4, -0.2) is 19.1 Å². The van der Waals surface area contributed by atoms with Crippen molar-refractivity contribution in [1.29, 1.82) is 0 Å². The summed E-state index contributed by atoms with van der Waals surface area (Å²) in [6, 6.07) is 0.362. The molecule has 0 saturated heterocycles. The Balaban J connectivity index is 2.87. The predicted molar refractivity (Wildman–Crippen MR) is 69.1 cm³/mol. The maximum absolute atomic E-state index is 5.67. The summed E-state index contributed by atoms with van der Waals surface area (Å²) in [6.07, 6.45) is 10.7. The lowest BCUT2D eigenvalue weighted by Gasteiger charge is -2.06. The molecule has 0 radical (unpaired) electrons. The van der Waals surface area contributed by atoms with E-state index in [-0.39, 0.29) is 0 Å². The first-order chi connectivity index (χ1) is 7.27. The Labute approximate surface area is 96.0 Å². The molecular weight excluding hydrogens is 184 g/mol. The van der Waals surface area contributed by atoms with Gasteiger partial charge in [0.1, 0.15) is 0 Å². The molecular formula is C13H30N2. The van der Waals surface area contributed by atoms with Gasteiger partial charge in [0.2, 0.25) is 0 Å². The fraction of sp³-hybridized carbons (Fsp3) is 1.00. The van der Waals surface area contributed by atoms with Crippen LogP contribution in [0.1, 0.15) is 65.2 Å². The van der Waals surface area contributed by atoms with Crippen LogP contribution in [0.25, 0.3) is 0 Å². The first-order valence-electron chi connectivity index (χ1n) is 6.73. The summed E-state index contributed by atoms with van der Waals surface area (Å²) >= 11 is 0. The lowest BCUT2D eigenvalue weighted by Crippen LogP contribution is -2.20. The SMILES string of the molecule is CCCCCCCCNCCCC(C)N. The Morgan fingerprint density at radius 2 is 1.53 bits per heavy atom. The van der Waals surface area contributed by atoms with Gasteiger partial charge in [-0.05, 0) is 39.3 Å². The molecule has 0 aliphatic heterocycles. The van der Waals surface area contributed by atoms with E-state index in [2.05, 4.69) is 19.2 Å². The van der Waals surface area contributed by atoms with E-state index in [4.69, 9.17) is 5.73 Å². The third-order valence-electron chi connectivity index (χ3n) is 2.72. The summed E-state index contributed by atoms with van der Waals surface area (Å²) in [5, 5.41) is 3.48. The van der Waals surface area contributed by atoms with Crippen LogP contribution in [0, 0.1) is 0 Å². The topological polar surface area (TPSA) is 38.0 Å². The highest BCUT2D eigenvalue weighted by atomic mass is 14.8. The number of unbranched alkanes of at least 4 members (excludes halogenated alkanes) is 5. The molecule has 0 fully saturated rings. The smallest absolute Gasteiger partial charge is 0.00109 e. The highest BCUT2D eigenvalue weighted by molar-refractivity contribution is 4.55. The number of nitrogens with two attached hydrogens (primary N) is 1. The van der Waals surface area contributed by atoms with E-state index in [1.165, 1.54) is 51.5 Å². The van der Waals surface area contributed by atoms with E-state index in [0.29, 0.717) is 6.04 Å². The lowest BCUT2D eigenvalue weighted by molar-refractivity contribution is 0.543.